The fraction of sp³-hybridized carbons (Fsp3) is 0.0625. The first-order chi connectivity index (χ1) is 12.4. The number of fused-ring (bicyclic) bond motifs is 1. The number of aryl methyl sites for hydroxylation is 1. The molecular formula is C16H12IN5O4. The molecule has 0 aliphatic heterocycles. The van der Waals surface area contributed by atoms with Gasteiger partial charge in [0.2, 0.25) is 0 Å². The SMILES string of the molecule is Cc1cc(I)ccc1Nc1cc([N+](=O)[O-])c2nccnc2c1C(=O)NO. The molecular weight excluding hydrogens is 453 g/mol. The van der Waals surface area contributed by atoms with Gasteiger partial charge >= 0.3 is 0 Å². The predicted molar refractivity (Wildman–Crippen MR) is 103 cm³/mol. The summed E-state index contributed by atoms with van der Waals surface area (Å²) in [5.74, 6) is -0.851. The van der Waals surface area contributed by atoms with E-state index in [0.717, 1.165) is 9.13 Å². The van der Waals surface area contributed by atoms with Crippen LogP contribution in [-0.4, -0.2) is 26.0 Å². The van der Waals surface area contributed by atoms with Crippen molar-refractivity contribution in [3.63, 3.8) is 0 Å². The molecule has 0 unspecified atom stereocenters. The predicted octanol–water partition coefficient (Wildman–Crippen LogP) is 3.31. The van der Waals surface area contributed by atoms with E-state index < -0.39 is 10.8 Å². The average molecular weight is 465 g/mol. The van der Waals surface area contributed by atoms with Gasteiger partial charge < -0.3 is 5.32 Å². The summed E-state index contributed by atoms with van der Waals surface area (Å²) in [7, 11) is 0. The van der Waals surface area contributed by atoms with Gasteiger partial charge in [-0.3, -0.25) is 25.1 Å². The number of hydroxylamine groups is 1. The highest BCUT2D eigenvalue weighted by Gasteiger charge is 2.25. The molecule has 132 valence electrons. The van der Waals surface area contributed by atoms with Crippen LogP contribution in [0.25, 0.3) is 11.0 Å². The van der Waals surface area contributed by atoms with Crippen LogP contribution in [-0.2, 0) is 0 Å². The van der Waals surface area contributed by atoms with Crippen molar-refractivity contribution in [3.05, 3.63) is 61.5 Å². The molecule has 0 bridgehead atoms. The molecule has 1 amide bonds. The summed E-state index contributed by atoms with van der Waals surface area (Å²) in [5.41, 5.74) is 2.87. The van der Waals surface area contributed by atoms with E-state index in [1.165, 1.54) is 18.5 Å². The Labute approximate surface area is 160 Å². The van der Waals surface area contributed by atoms with Crippen LogP contribution < -0.4 is 10.8 Å². The third kappa shape index (κ3) is 3.28. The van der Waals surface area contributed by atoms with Crippen molar-refractivity contribution in [1.82, 2.24) is 15.4 Å². The number of amides is 1. The zero-order valence-corrected chi connectivity index (χ0v) is 15.5. The number of rotatable bonds is 4. The fourth-order valence-electron chi connectivity index (χ4n) is 2.55. The second-order valence-corrected chi connectivity index (χ2v) is 6.60. The standard InChI is InChI=1S/C16H12IN5O4/c1-8-6-9(17)2-3-10(8)20-11-7-12(22(25)26)14-15(19-5-4-18-14)13(11)16(23)21-24/h2-7,20,24H,1H3,(H,21,23). The van der Waals surface area contributed by atoms with E-state index in [0.29, 0.717) is 5.69 Å². The number of carbonyl (C=O) groups excluding carboxylic acids is 1. The maximum atomic E-state index is 12.2. The summed E-state index contributed by atoms with van der Waals surface area (Å²) in [4.78, 5) is 31.1. The smallest absolute Gasteiger partial charge is 0.299 e. The van der Waals surface area contributed by atoms with Gasteiger partial charge in [-0.2, -0.15) is 0 Å². The lowest BCUT2D eigenvalue weighted by atomic mass is 10.1. The van der Waals surface area contributed by atoms with Crippen LogP contribution in [0.2, 0.25) is 0 Å². The number of non-ortho nitro benzene ring substituents is 1. The normalized spacial score (nSPS) is 10.6. The van der Waals surface area contributed by atoms with Gasteiger partial charge in [0, 0.05) is 27.7 Å². The van der Waals surface area contributed by atoms with Crippen LogP contribution in [0, 0.1) is 20.6 Å². The number of halogens is 1. The summed E-state index contributed by atoms with van der Waals surface area (Å²) >= 11 is 2.17. The van der Waals surface area contributed by atoms with Crippen LogP contribution in [0.4, 0.5) is 17.1 Å². The van der Waals surface area contributed by atoms with E-state index in [2.05, 4.69) is 37.9 Å². The van der Waals surface area contributed by atoms with E-state index >= 15 is 0 Å². The molecule has 0 aliphatic carbocycles. The van der Waals surface area contributed by atoms with Crippen molar-refractivity contribution in [2.45, 2.75) is 6.92 Å². The van der Waals surface area contributed by atoms with E-state index in [9.17, 15) is 14.9 Å². The molecule has 26 heavy (non-hydrogen) atoms. The quantitative estimate of drug-likeness (QED) is 0.233. The summed E-state index contributed by atoms with van der Waals surface area (Å²) in [6.45, 7) is 1.87. The molecule has 0 aliphatic rings. The van der Waals surface area contributed by atoms with Gasteiger partial charge in [-0.25, -0.2) is 10.5 Å². The van der Waals surface area contributed by atoms with Crippen molar-refractivity contribution in [1.29, 1.82) is 0 Å². The maximum Gasteiger partial charge on any atom is 0.299 e. The van der Waals surface area contributed by atoms with E-state index in [1.807, 2.05) is 19.1 Å². The molecule has 3 rings (SSSR count). The summed E-state index contributed by atoms with van der Waals surface area (Å²) in [6, 6.07) is 6.78. The summed E-state index contributed by atoms with van der Waals surface area (Å²) < 4.78 is 1.02. The summed E-state index contributed by atoms with van der Waals surface area (Å²) in [6.07, 6.45) is 2.62. The van der Waals surface area contributed by atoms with Gasteiger partial charge in [-0.1, -0.05) is 0 Å². The average Bonchev–Trinajstić information content (AvgIpc) is 2.62. The number of anilines is 2. The van der Waals surface area contributed by atoms with Crippen molar-refractivity contribution in [2.75, 3.05) is 5.32 Å². The molecule has 10 heteroatoms. The number of nitrogens with one attached hydrogen (secondary N) is 2. The minimum absolute atomic E-state index is 0.0129. The van der Waals surface area contributed by atoms with Crippen molar-refractivity contribution >= 4 is 56.6 Å². The Morgan fingerprint density at radius 2 is 1.88 bits per heavy atom. The van der Waals surface area contributed by atoms with Crippen LogP contribution in [0.1, 0.15) is 15.9 Å². The Balaban J connectivity index is 2.28. The van der Waals surface area contributed by atoms with E-state index in [-0.39, 0.29) is 28.0 Å². The van der Waals surface area contributed by atoms with Crippen LogP contribution in [0.3, 0.4) is 0 Å². The van der Waals surface area contributed by atoms with Gasteiger partial charge in [0.1, 0.15) is 5.52 Å². The zero-order valence-electron chi connectivity index (χ0n) is 13.4. The maximum absolute atomic E-state index is 12.2. The van der Waals surface area contributed by atoms with Crippen LogP contribution >= 0.6 is 22.6 Å². The molecule has 1 aromatic heterocycles. The van der Waals surface area contributed by atoms with Crippen molar-refractivity contribution in [2.24, 2.45) is 0 Å². The van der Waals surface area contributed by atoms with Crippen LogP contribution in [0.15, 0.2) is 36.7 Å². The first-order valence-corrected chi connectivity index (χ1v) is 8.40. The number of nitrogens with zero attached hydrogens (tertiary/aromatic N) is 3. The lowest BCUT2D eigenvalue weighted by Crippen LogP contribution is -2.21. The highest BCUT2D eigenvalue weighted by Crippen LogP contribution is 2.34. The van der Waals surface area contributed by atoms with E-state index in [1.54, 1.807) is 11.5 Å². The van der Waals surface area contributed by atoms with Crippen molar-refractivity contribution < 1.29 is 14.9 Å². The van der Waals surface area contributed by atoms with Gasteiger partial charge in [0.15, 0.2) is 5.52 Å². The Bertz CT molecular complexity index is 1040. The number of aromatic nitrogens is 2. The van der Waals surface area contributed by atoms with Crippen molar-refractivity contribution in [3.8, 4) is 0 Å². The third-order valence-corrected chi connectivity index (χ3v) is 4.38. The second kappa shape index (κ2) is 7.17. The van der Waals surface area contributed by atoms with Gasteiger partial charge in [0.25, 0.3) is 11.6 Å². The number of nitro groups is 1. The third-order valence-electron chi connectivity index (χ3n) is 3.71. The van der Waals surface area contributed by atoms with Gasteiger partial charge in [-0.15, -0.1) is 0 Å². The molecule has 3 N–H and O–H groups in total. The lowest BCUT2D eigenvalue weighted by molar-refractivity contribution is -0.383. The monoisotopic (exact) mass is 465 g/mol. The Morgan fingerprint density at radius 3 is 2.50 bits per heavy atom. The number of benzene rings is 2. The molecule has 9 nitrogen and oxygen atoms in total. The molecule has 1 heterocycles. The van der Waals surface area contributed by atoms with E-state index in [4.69, 9.17) is 5.21 Å². The molecule has 0 saturated carbocycles. The topological polar surface area (TPSA) is 130 Å². The largest absolute Gasteiger partial charge is 0.354 e. The number of nitro benzene ring substituents is 1. The van der Waals surface area contributed by atoms with Gasteiger partial charge in [-0.05, 0) is 53.3 Å². The Hall–Kier alpha value is -2.86. The summed E-state index contributed by atoms with van der Waals surface area (Å²) in [5, 5.41) is 23.6. The zero-order chi connectivity index (χ0) is 18.8. The first kappa shape index (κ1) is 17.9. The second-order valence-electron chi connectivity index (χ2n) is 5.35. The minimum atomic E-state index is -0.851. The number of hydrogen-bond acceptors (Lipinski definition) is 7. The molecule has 0 fully saturated rings. The molecule has 2 aromatic carbocycles. The molecule has 3 aromatic rings. The molecule has 0 atom stereocenters. The molecule has 0 spiro atoms. The number of carbonyl (C=O) groups is 1. The Morgan fingerprint density at radius 1 is 1.19 bits per heavy atom. The highest BCUT2D eigenvalue weighted by atomic mass is 127. The first-order valence-electron chi connectivity index (χ1n) is 7.32. The molecule has 0 radical (unpaired) electrons. The minimum Gasteiger partial charge on any atom is -0.354 e. The van der Waals surface area contributed by atoms with Crippen LogP contribution in [0.5, 0.6) is 0 Å². The Kier molecular flexibility index (Phi) is 4.95. The lowest BCUT2D eigenvalue weighted by Gasteiger charge is -2.14. The fourth-order valence-corrected chi connectivity index (χ4v) is 3.20. The van der Waals surface area contributed by atoms with Gasteiger partial charge in [0.05, 0.1) is 16.2 Å². The highest BCUT2D eigenvalue weighted by molar-refractivity contribution is 14.1. The molecule has 0 saturated heterocycles. The number of hydrogen-bond donors (Lipinski definition) is 3.